The Bertz CT molecular complexity index is 643. The molecule has 0 bridgehead atoms. The van der Waals surface area contributed by atoms with Crippen LogP contribution in [0.15, 0.2) is 24.3 Å². The van der Waals surface area contributed by atoms with Crippen LogP contribution in [0.1, 0.15) is 25.5 Å². The lowest BCUT2D eigenvalue weighted by Gasteiger charge is -2.39. The van der Waals surface area contributed by atoms with Crippen molar-refractivity contribution in [3.8, 4) is 0 Å². The van der Waals surface area contributed by atoms with Crippen LogP contribution in [-0.2, 0) is 13.6 Å². The molecular formula is C17H24N4. The number of piperazine rings is 1. The molecule has 2 heterocycles. The number of benzene rings is 1. The Morgan fingerprint density at radius 1 is 1.29 bits per heavy atom. The molecule has 1 aromatic carbocycles. The number of para-hydroxylation sites is 1. The van der Waals surface area contributed by atoms with E-state index in [9.17, 15) is 0 Å². The minimum atomic E-state index is 0.579. The maximum Gasteiger partial charge on any atom is 0.0843 e. The Morgan fingerprint density at radius 2 is 2.10 bits per heavy atom. The van der Waals surface area contributed by atoms with Gasteiger partial charge >= 0.3 is 0 Å². The largest absolute Gasteiger partial charge is 0.311 e. The van der Waals surface area contributed by atoms with Gasteiger partial charge in [-0.15, -0.1) is 0 Å². The highest BCUT2D eigenvalue weighted by Gasteiger charge is 2.38. The molecule has 0 spiro atoms. The normalized spacial score (nSPS) is 27.3. The first-order valence-corrected chi connectivity index (χ1v) is 8.10. The Balaban J connectivity index is 1.63. The van der Waals surface area contributed by atoms with Gasteiger partial charge in [0, 0.05) is 44.2 Å². The van der Waals surface area contributed by atoms with Crippen LogP contribution in [0.3, 0.4) is 0 Å². The predicted octanol–water partition coefficient (Wildman–Crippen LogP) is 2.15. The van der Waals surface area contributed by atoms with Crippen molar-refractivity contribution in [3.63, 3.8) is 0 Å². The van der Waals surface area contributed by atoms with Crippen LogP contribution in [0.25, 0.3) is 10.9 Å². The summed E-state index contributed by atoms with van der Waals surface area (Å²) in [4.78, 5) is 2.66. The molecule has 1 aromatic heterocycles. The second-order valence-electron chi connectivity index (χ2n) is 6.73. The molecule has 0 amide bonds. The molecule has 2 atom stereocenters. The van der Waals surface area contributed by atoms with Gasteiger partial charge in [-0.05, 0) is 31.7 Å². The zero-order chi connectivity index (χ0) is 14.4. The molecule has 1 aliphatic carbocycles. The van der Waals surface area contributed by atoms with Crippen molar-refractivity contribution in [2.45, 2.75) is 38.4 Å². The van der Waals surface area contributed by atoms with Crippen molar-refractivity contribution in [2.75, 3.05) is 13.1 Å². The molecule has 112 valence electrons. The third-order valence-electron chi connectivity index (χ3n) is 5.01. The van der Waals surface area contributed by atoms with Crippen LogP contribution in [0.5, 0.6) is 0 Å². The van der Waals surface area contributed by atoms with Crippen LogP contribution in [-0.4, -0.2) is 39.9 Å². The number of rotatable bonds is 3. The molecule has 2 aliphatic rings. The molecule has 4 rings (SSSR count). The van der Waals surface area contributed by atoms with Crippen LogP contribution in [0.4, 0.5) is 0 Å². The van der Waals surface area contributed by atoms with E-state index in [0.29, 0.717) is 12.1 Å². The Labute approximate surface area is 126 Å². The van der Waals surface area contributed by atoms with Crippen LogP contribution in [0, 0.1) is 5.92 Å². The highest BCUT2D eigenvalue weighted by atomic mass is 15.3. The standard InChI is InChI=1S/C17H24N4/c1-12-10-21(17(9-18-12)13-7-8-13)11-15-14-5-3-4-6-16(14)20(2)19-15/h3-6,12-13,17-18H,7-11H2,1-2H3. The molecule has 1 N–H and O–H groups in total. The van der Waals surface area contributed by atoms with Gasteiger partial charge in [-0.3, -0.25) is 9.58 Å². The van der Waals surface area contributed by atoms with E-state index in [4.69, 9.17) is 5.10 Å². The summed E-state index contributed by atoms with van der Waals surface area (Å²) in [6.45, 7) is 5.53. The van der Waals surface area contributed by atoms with E-state index in [-0.39, 0.29) is 0 Å². The zero-order valence-corrected chi connectivity index (χ0v) is 12.9. The second-order valence-corrected chi connectivity index (χ2v) is 6.73. The predicted molar refractivity (Wildman–Crippen MR) is 85.1 cm³/mol. The van der Waals surface area contributed by atoms with Gasteiger partial charge in [-0.1, -0.05) is 18.2 Å². The van der Waals surface area contributed by atoms with Crippen molar-refractivity contribution in [3.05, 3.63) is 30.0 Å². The summed E-state index contributed by atoms with van der Waals surface area (Å²) < 4.78 is 2.02. The van der Waals surface area contributed by atoms with Crippen molar-refractivity contribution in [1.29, 1.82) is 0 Å². The lowest BCUT2D eigenvalue weighted by Crippen LogP contribution is -2.55. The van der Waals surface area contributed by atoms with Crippen molar-refractivity contribution < 1.29 is 0 Å². The Morgan fingerprint density at radius 3 is 2.90 bits per heavy atom. The highest BCUT2D eigenvalue weighted by molar-refractivity contribution is 5.81. The Kier molecular flexibility index (Phi) is 3.23. The van der Waals surface area contributed by atoms with Gasteiger partial charge in [0.1, 0.15) is 0 Å². The summed E-state index contributed by atoms with van der Waals surface area (Å²) in [5.41, 5.74) is 2.46. The fraction of sp³-hybridized carbons (Fsp3) is 0.588. The van der Waals surface area contributed by atoms with E-state index < -0.39 is 0 Å². The molecule has 2 aromatic rings. The fourth-order valence-corrected chi connectivity index (χ4v) is 3.73. The molecule has 1 saturated heterocycles. The van der Waals surface area contributed by atoms with E-state index in [0.717, 1.165) is 25.6 Å². The van der Waals surface area contributed by atoms with E-state index in [1.807, 2.05) is 11.7 Å². The van der Waals surface area contributed by atoms with Crippen LogP contribution >= 0.6 is 0 Å². The van der Waals surface area contributed by atoms with E-state index in [1.54, 1.807) is 0 Å². The number of fused-ring (bicyclic) bond motifs is 1. The van der Waals surface area contributed by atoms with Crippen LogP contribution < -0.4 is 5.32 Å². The summed E-state index contributed by atoms with van der Waals surface area (Å²) >= 11 is 0. The highest BCUT2D eigenvalue weighted by Crippen LogP contribution is 2.37. The van der Waals surface area contributed by atoms with E-state index >= 15 is 0 Å². The van der Waals surface area contributed by atoms with Gasteiger partial charge in [0.25, 0.3) is 0 Å². The Hall–Kier alpha value is -1.39. The van der Waals surface area contributed by atoms with Crippen molar-refractivity contribution in [1.82, 2.24) is 20.0 Å². The van der Waals surface area contributed by atoms with Gasteiger partial charge in [0.05, 0.1) is 11.2 Å². The van der Waals surface area contributed by atoms with Crippen molar-refractivity contribution in [2.24, 2.45) is 13.0 Å². The van der Waals surface area contributed by atoms with Gasteiger partial charge in [0.15, 0.2) is 0 Å². The fourth-order valence-electron chi connectivity index (χ4n) is 3.73. The maximum atomic E-state index is 4.78. The first-order chi connectivity index (χ1) is 10.2. The first-order valence-electron chi connectivity index (χ1n) is 8.10. The number of hydrogen-bond acceptors (Lipinski definition) is 3. The van der Waals surface area contributed by atoms with Crippen molar-refractivity contribution >= 4 is 10.9 Å². The van der Waals surface area contributed by atoms with E-state index in [1.165, 1.54) is 29.4 Å². The minimum Gasteiger partial charge on any atom is -0.311 e. The molecule has 0 radical (unpaired) electrons. The minimum absolute atomic E-state index is 0.579. The number of nitrogens with one attached hydrogen (secondary N) is 1. The summed E-state index contributed by atoms with van der Waals surface area (Å²) in [7, 11) is 2.05. The molecule has 4 heteroatoms. The number of aryl methyl sites for hydroxylation is 1. The number of aromatic nitrogens is 2. The van der Waals surface area contributed by atoms with E-state index in [2.05, 4.69) is 41.4 Å². The maximum absolute atomic E-state index is 4.78. The molecular weight excluding hydrogens is 260 g/mol. The zero-order valence-electron chi connectivity index (χ0n) is 12.9. The summed E-state index contributed by atoms with van der Waals surface area (Å²) in [5, 5.41) is 9.73. The SMILES string of the molecule is CC1CN(Cc2nn(C)c3ccccc23)C(C2CC2)CN1. The van der Waals surface area contributed by atoms with Gasteiger partial charge in [-0.2, -0.15) is 5.10 Å². The average Bonchev–Trinajstić information content (AvgIpc) is 3.27. The monoisotopic (exact) mass is 284 g/mol. The average molecular weight is 284 g/mol. The van der Waals surface area contributed by atoms with Gasteiger partial charge < -0.3 is 5.32 Å². The third kappa shape index (κ3) is 2.47. The smallest absolute Gasteiger partial charge is 0.0843 e. The second kappa shape index (κ2) is 5.11. The number of nitrogens with zero attached hydrogens (tertiary/aromatic N) is 3. The molecule has 1 saturated carbocycles. The molecule has 2 unspecified atom stereocenters. The summed E-state index contributed by atoms with van der Waals surface area (Å²) in [6.07, 6.45) is 2.81. The van der Waals surface area contributed by atoms with Gasteiger partial charge in [0.2, 0.25) is 0 Å². The topological polar surface area (TPSA) is 33.1 Å². The summed E-state index contributed by atoms with van der Waals surface area (Å²) in [5.74, 6) is 0.903. The lowest BCUT2D eigenvalue weighted by atomic mass is 10.0. The summed E-state index contributed by atoms with van der Waals surface area (Å²) in [6, 6.07) is 9.84. The third-order valence-corrected chi connectivity index (χ3v) is 5.01. The number of hydrogen-bond donors (Lipinski definition) is 1. The molecule has 1 aliphatic heterocycles. The van der Waals surface area contributed by atoms with Crippen LogP contribution in [0.2, 0.25) is 0 Å². The molecule has 4 nitrogen and oxygen atoms in total. The molecule has 2 fully saturated rings. The first kappa shape index (κ1) is 13.3. The van der Waals surface area contributed by atoms with Gasteiger partial charge in [-0.25, -0.2) is 0 Å². The lowest BCUT2D eigenvalue weighted by molar-refractivity contribution is 0.111. The quantitative estimate of drug-likeness (QED) is 0.937. The molecule has 21 heavy (non-hydrogen) atoms.